The van der Waals surface area contributed by atoms with Gasteiger partial charge in [-0.25, -0.2) is 0 Å². The Morgan fingerprint density at radius 2 is 1.79 bits per heavy atom. The second kappa shape index (κ2) is 9.66. The Labute approximate surface area is 166 Å². The lowest BCUT2D eigenvalue weighted by atomic mass is 9.98. The fourth-order valence-electron chi connectivity index (χ4n) is 2.98. The summed E-state index contributed by atoms with van der Waals surface area (Å²) in [6.45, 7) is 1.79. The van der Waals surface area contributed by atoms with E-state index in [9.17, 15) is 9.00 Å². The van der Waals surface area contributed by atoms with E-state index in [4.69, 9.17) is 19.9 Å². The molecule has 1 atom stereocenters. The van der Waals surface area contributed by atoms with E-state index < -0.39 is 21.5 Å². The van der Waals surface area contributed by atoms with Gasteiger partial charge in [0.05, 0.1) is 30.2 Å². The van der Waals surface area contributed by atoms with E-state index in [0.717, 1.165) is 5.75 Å². The Bertz CT molecular complexity index is 792. The number of ether oxygens (including phenoxy) is 3. The van der Waals surface area contributed by atoms with Crippen molar-refractivity contribution in [3.05, 3.63) is 48.8 Å². The second-order valence-corrected chi connectivity index (χ2v) is 8.24. The van der Waals surface area contributed by atoms with Crippen molar-refractivity contribution in [2.24, 2.45) is 5.73 Å². The molecule has 2 N–H and O–H groups in total. The van der Waals surface area contributed by atoms with Crippen LogP contribution in [0.3, 0.4) is 0 Å². The second-order valence-electron chi connectivity index (χ2n) is 6.45. The lowest BCUT2D eigenvalue weighted by Crippen LogP contribution is -2.51. The topological polar surface area (TPSA) is 101 Å². The summed E-state index contributed by atoms with van der Waals surface area (Å²) in [5, 5.41) is 0. The molecule has 1 fully saturated rings. The number of hydrogen-bond donors (Lipinski definition) is 1. The van der Waals surface area contributed by atoms with Gasteiger partial charge in [-0.1, -0.05) is 0 Å². The third-order valence-electron chi connectivity index (χ3n) is 4.60. The van der Waals surface area contributed by atoms with Crippen LogP contribution in [0.4, 0.5) is 0 Å². The van der Waals surface area contributed by atoms with Gasteiger partial charge in [-0.3, -0.25) is 14.0 Å². The molecule has 8 heteroatoms. The molecular weight excluding hydrogens is 380 g/mol. The number of amides is 1. The van der Waals surface area contributed by atoms with Crippen molar-refractivity contribution >= 4 is 16.7 Å². The van der Waals surface area contributed by atoms with Gasteiger partial charge < -0.3 is 19.9 Å². The maximum Gasteiger partial charge on any atom is 0.236 e. The molecule has 1 unspecified atom stereocenters. The number of hydrogen-bond acceptors (Lipinski definition) is 6. The van der Waals surface area contributed by atoms with Gasteiger partial charge in [-0.15, -0.1) is 0 Å². The zero-order chi connectivity index (χ0) is 19.8. The summed E-state index contributed by atoms with van der Waals surface area (Å²) in [5.41, 5.74) is 5.58. The van der Waals surface area contributed by atoms with Gasteiger partial charge in [0.1, 0.15) is 16.2 Å². The molecule has 1 amide bonds. The Balaban J connectivity index is 1.50. The Morgan fingerprint density at radius 3 is 2.39 bits per heavy atom. The fraction of sp³-hybridized carbons (Fsp3) is 0.400. The minimum Gasteiger partial charge on any atom is -0.493 e. The summed E-state index contributed by atoms with van der Waals surface area (Å²) >= 11 is 0. The summed E-state index contributed by atoms with van der Waals surface area (Å²) in [6, 6.07) is 10.6. The van der Waals surface area contributed by atoms with Crippen molar-refractivity contribution in [1.29, 1.82) is 0 Å². The predicted molar refractivity (Wildman–Crippen MR) is 105 cm³/mol. The maximum absolute atomic E-state index is 13.0. The SMILES string of the molecule is NC(=O)C1(S(=O)c2ccc(OCCCOc3cccnc3)cc2)CCOCC1. The molecule has 0 radical (unpaired) electrons. The Kier molecular flexibility index (Phi) is 7.00. The molecule has 1 aliphatic heterocycles. The zero-order valence-electron chi connectivity index (χ0n) is 15.5. The molecule has 1 aromatic heterocycles. The first-order valence-corrected chi connectivity index (χ1v) is 10.3. The molecule has 0 bridgehead atoms. The highest BCUT2D eigenvalue weighted by Gasteiger charge is 2.45. The number of carbonyl (C=O) groups excluding carboxylic acids is 1. The van der Waals surface area contributed by atoms with Crippen molar-refractivity contribution in [3.8, 4) is 11.5 Å². The van der Waals surface area contributed by atoms with E-state index >= 15 is 0 Å². The highest BCUT2D eigenvalue weighted by Crippen LogP contribution is 2.32. The molecule has 7 nitrogen and oxygen atoms in total. The van der Waals surface area contributed by atoms with Crippen LogP contribution < -0.4 is 15.2 Å². The van der Waals surface area contributed by atoms with Crippen LogP contribution in [0.25, 0.3) is 0 Å². The van der Waals surface area contributed by atoms with Gasteiger partial charge >= 0.3 is 0 Å². The van der Waals surface area contributed by atoms with Crippen LogP contribution in [0.1, 0.15) is 19.3 Å². The van der Waals surface area contributed by atoms with Crippen LogP contribution >= 0.6 is 0 Å². The smallest absolute Gasteiger partial charge is 0.236 e. The summed E-state index contributed by atoms with van der Waals surface area (Å²) in [6.07, 6.45) is 4.80. The molecule has 1 aliphatic rings. The lowest BCUT2D eigenvalue weighted by molar-refractivity contribution is -0.122. The van der Waals surface area contributed by atoms with Gasteiger partial charge in [-0.2, -0.15) is 0 Å². The molecule has 2 heterocycles. The summed E-state index contributed by atoms with van der Waals surface area (Å²) in [7, 11) is -1.53. The van der Waals surface area contributed by atoms with Gasteiger partial charge in [0.25, 0.3) is 0 Å². The number of aromatic nitrogens is 1. The van der Waals surface area contributed by atoms with E-state index in [-0.39, 0.29) is 0 Å². The molecule has 28 heavy (non-hydrogen) atoms. The molecule has 0 spiro atoms. The van der Waals surface area contributed by atoms with Crippen molar-refractivity contribution in [2.45, 2.75) is 28.9 Å². The molecule has 150 valence electrons. The average molecular weight is 404 g/mol. The highest BCUT2D eigenvalue weighted by atomic mass is 32.2. The van der Waals surface area contributed by atoms with Crippen molar-refractivity contribution in [1.82, 2.24) is 4.98 Å². The Hall–Kier alpha value is -2.45. The predicted octanol–water partition coefficient (Wildman–Crippen LogP) is 2.07. The number of carbonyl (C=O) groups is 1. The molecule has 3 rings (SSSR count). The first-order valence-electron chi connectivity index (χ1n) is 9.17. The largest absolute Gasteiger partial charge is 0.493 e. The van der Waals surface area contributed by atoms with Crippen LogP contribution in [0, 0.1) is 0 Å². The van der Waals surface area contributed by atoms with Crippen LogP contribution in [0.2, 0.25) is 0 Å². The van der Waals surface area contributed by atoms with Crippen LogP contribution in [-0.4, -0.2) is 46.3 Å². The molecule has 0 saturated carbocycles. The molecule has 2 aromatic rings. The molecule has 0 aliphatic carbocycles. The standard InChI is InChI=1S/C20H24N2O5S/c21-19(23)20(8-13-25-14-9-20)28(24)18-6-4-16(5-7-18)26-11-2-12-27-17-3-1-10-22-15-17/h1,3-7,10,15H,2,8-9,11-14H2,(H2,21,23). The van der Waals surface area contributed by atoms with E-state index in [1.54, 1.807) is 36.7 Å². The normalized spacial score (nSPS) is 16.9. The molecule has 1 aromatic carbocycles. The monoisotopic (exact) mass is 404 g/mol. The van der Waals surface area contributed by atoms with Crippen LogP contribution in [-0.2, 0) is 20.3 Å². The number of primary amides is 1. The summed E-state index contributed by atoms with van der Waals surface area (Å²) in [5.74, 6) is 0.858. The zero-order valence-corrected chi connectivity index (χ0v) is 16.4. The quantitative estimate of drug-likeness (QED) is 0.642. The fourth-order valence-corrected chi connectivity index (χ4v) is 4.54. The van der Waals surface area contributed by atoms with Gasteiger partial charge in [0.2, 0.25) is 5.91 Å². The molecular formula is C20H24N2O5S. The summed E-state index contributed by atoms with van der Waals surface area (Å²) in [4.78, 5) is 16.5. The van der Waals surface area contributed by atoms with E-state index in [1.165, 1.54) is 0 Å². The van der Waals surface area contributed by atoms with Crippen molar-refractivity contribution in [2.75, 3.05) is 26.4 Å². The van der Waals surface area contributed by atoms with Crippen LogP contribution in [0.15, 0.2) is 53.7 Å². The van der Waals surface area contributed by atoms with Gasteiger partial charge in [0, 0.05) is 30.7 Å². The average Bonchev–Trinajstić information content (AvgIpc) is 2.74. The maximum atomic E-state index is 13.0. The number of nitrogens with two attached hydrogens (primary N) is 1. The van der Waals surface area contributed by atoms with Crippen molar-refractivity contribution < 1.29 is 23.2 Å². The number of rotatable bonds is 9. The molecule has 1 saturated heterocycles. The summed E-state index contributed by atoms with van der Waals surface area (Å²) < 4.78 is 28.5. The third kappa shape index (κ3) is 4.88. The lowest BCUT2D eigenvalue weighted by Gasteiger charge is -2.33. The number of benzene rings is 1. The highest BCUT2D eigenvalue weighted by molar-refractivity contribution is 7.87. The third-order valence-corrected chi connectivity index (χ3v) is 6.62. The Morgan fingerprint density at radius 1 is 1.11 bits per heavy atom. The van der Waals surface area contributed by atoms with Crippen molar-refractivity contribution in [3.63, 3.8) is 0 Å². The minimum absolute atomic E-state index is 0.365. The number of pyridine rings is 1. The van der Waals surface area contributed by atoms with E-state index in [2.05, 4.69) is 4.98 Å². The van der Waals surface area contributed by atoms with E-state index in [1.807, 2.05) is 12.1 Å². The minimum atomic E-state index is -1.53. The van der Waals surface area contributed by atoms with E-state index in [0.29, 0.717) is 56.3 Å². The van der Waals surface area contributed by atoms with Gasteiger partial charge in [0.15, 0.2) is 0 Å². The first kappa shape index (κ1) is 20.3. The van der Waals surface area contributed by atoms with Gasteiger partial charge in [-0.05, 0) is 49.2 Å². The first-order chi connectivity index (χ1) is 13.6. The number of nitrogens with zero attached hydrogens (tertiary/aromatic N) is 1. The van der Waals surface area contributed by atoms with Crippen LogP contribution in [0.5, 0.6) is 11.5 Å².